The van der Waals surface area contributed by atoms with E-state index in [1.807, 2.05) is 7.05 Å². The third-order valence-electron chi connectivity index (χ3n) is 5.47. The van der Waals surface area contributed by atoms with Crippen molar-refractivity contribution in [1.82, 2.24) is 15.5 Å². The van der Waals surface area contributed by atoms with Crippen LogP contribution < -0.4 is 15.4 Å². The minimum Gasteiger partial charge on any atom is -0.497 e. The van der Waals surface area contributed by atoms with Crippen LogP contribution in [0.1, 0.15) is 37.3 Å². The van der Waals surface area contributed by atoms with Crippen molar-refractivity contribution in [1.29, 1.82) is 0 Å². The standard InChI is InChI=1S/C20H32N4O.HI/c1-21-20(22-13-15-6-7-15)23-14-17-5-4-12-24(2)19(17)16-8-10-18(25-3)11-9-16;/h8-11,15,17,19H,4-7,12-14H2,1-3H3,(H2,21,22,23);1H. The van der Waals surface area contributed by atoms with Gasteiger partial charge in [-0.15, -0.1) is 24.0 Å². The largest absolute Gasteiger partial charge is 0.497 e. The number of hydrogen-bond acceptors (Lipinski definition) is 3. The van der Waals surface area contributed by atoms with E-state index in [0.29, 0.717) is 12.0 Å². The summed E-state index contributed by atoms with van der Waals surface area (Å²) < 4.78 is 5.31. The van der Waals surface area contributed by atoms with Crippen LogP contribution in [-0.4, -0.2) is 51.7 Å². The Kier molecular flexibility index (Phi) is 8.47. The van der Waals surface area contributed by atoms with E-state index in [4.69, 9.17) is 4.74 Å². The van der Waals surface area contributed by atoms with Gasteiger partial charge in [0.25, 0.3) is 0 Å². The highest BCUT2D eigenvalue weighted by Gasteiger charge is 2.30. The molecule has 0 bridgehead atoms. The van der Waals surface area contributed by atoms with Gasteiger partial charge in [-0.05, 0) is 68.8 Å². The molecule has 0 spiro atoms. The fraction of sp³-hybridized carbons (Fsp3) is 0.650. The van der Waals surface area contributed by atoms with Gasteiger partial charge in [0.05, 0.1) is 7.11 Å². The summed E-state index contributed by atoms with van der Waals surface area (Å²) in [5, 5.41) is 7.01. The highest BCUT2D eigenvalue weighted by Crippen LogP contribution is 2.35. The quantitative estimate of drug-likeness (QED) is 0.379. The number of benzene rings is 1. The average Bonchev–Trinajstić information content (AvgIpc) is 3.46. The molecule has 0 amide bonds. The molecule has 1 heterocycles. The van der Waals surface area contributed by atoms with Crippen LogP contribution in [0.25, 0.3) is 0 Å². The summed E-state index contributed by atoms with van der Waals surface area (Å²) >= 11 is 0. The SMILES string of the molecule is CN=C(NCC1CC1)NCC1CCCN(C)C1c1ccc(OC)cc1.I. The Bertz CT molecular complexity index is 574. The lowest BCUT2D eigenvalue weighted by atomic mass is 9.85. The Morgan fingerprint density at radius 1 is 1.15 bits per heavy atom. The predicted octanol–water partition coefficient (Wildman–Crippen LogP) is 3.27. The maximum atomic E-state index is 5.31. The number of nitrogens with one attached hydrogen (secondary N) is 2. The molecule has 26 heavy (non-hydrogen) atoms. The summed E-state index contributed by atoms with van der Waals surface area (Å²) in [6.45, 7) is 3.15. The molecule has 1 saturated heterocycles. The first-order chi connectivity index (χ1) is 12.2. The molecular weight excluding hydrogens is 439 g/mol. The van der Waals surface area contributed by atoms with E-state index in [9.17, 15) is 0 Å². The highest BCUT2D eigenvalue weighted by atomic mass is 127. The van der Waals surface area contributed by atoms with Crippen LogP contribution in [0.15, 0.2) is 29.3 Å². The second-order valence-electron chi connectivity index (χ2n) is 7.38. The van der Waals surface area contributed by atoms with Gasteiger partial charge in [-0.25, -0.2) is 0 Å². The lowest BCUT2D eigenvalue weighted by Gasteiger charge is -2.40. The summed E-state index contributed by atoms with van der Waals surface area (Å²) in [5.41, 5.74) is 1.37. The fourth-order valence-electron chi connectivity index (χ4n) is 3.81. The third kappa shape index (κ3) is 5.74. The van der Waals surface area contributed by atoms with Crippen LogP contribution in [0.5, 0.6) is 5.75 Å². The van der Waals surface area contributed by atoms with E-state index < -0.39 is 0 Å². The smallest absolute Gasteiger partial charge is 0.190 e. The zero-order valence-corrected chi connectivity index (χ0v) is 18.5. The minimum atomic E-state index is 0. The van der Waals surface area contributed by atoms with Crippen molar-refractivity contribution < 1.29 is 4.74 Å². The molecule has 3 rings (SSSR count). The molecule has 2 unspecified atom stereocenters. The van der Waals surface area contributed by atoms with Crippen LogP contribution in [0.2, 0.25) is 0 Å². The molecule has 1 saturated carbocycles. The second kappa shape index (κ2) is 10.3. The number of likely N-dealkylation sites (tertiary alicyclic amines) is 1. The molecule has 2 N–H and O–H groups in total. The molecule has 1 aliphatic heterocycles. The van der Waals surface area contributed by atoms with Gasteiger partial charge < -0.3 is 15.4 Å². The van der Waals surface area contributed by atoms with Crippen LogP contribution in [-0.2, 0) is 0 Å². The molecule has 2 aliphatic rings. The number of guanidine groups is 1. The lowest BCUT2D eigenvalue weighted by Crippen LogP contribution is -2.45. The van der Waals surface area contributed by atoms with Gasteiger partial charge in [-0.1, -0.05) is 12.1 Å². The van der Waals surface area contributed by atoms with Crippen molar-refractivity contribution in [2.45, 2.75) is 31.7 Å². The van der Waals surface area contributed by atoms with E-state index in [1.54, 1.807) is 7.11 Å². The minimum absolute atomic E-state index is 0. The van der Waals surface area contributed by atoms with Crippen molar-refractivity contribution in [2.24, 2.45) is 16.8 Å². The zero-order valence-electron chi connectivity index (χ0n) is 16.2. The number of piperidine rings is 1. The van der Waals surface area contributed by atoms with Crippen molar-refractivity contribution in [3.8, 4) is 5.75 Å². The molecule has 1 aromatic rings. The van der Waals surface area contributed by atoms with Gasteiger partial charge in [0.1, 0.15) is 5.75 Å². The number of nitrogens with zero attached hydrogens (tertiary/aromatic N) is 2. The van der Waals surface area contributed by atoms with Gasteiger partial charge >= 0.3 is 0 Å². The number of halogens is 1. The number of methoxy groups -OCH3 is 1. The van der Waals surface area contributed by atoms with Gasteiger partial charge in [-0.2, -0.15) is 0 Å². The average molecular weight is 472 g/mol. The van der Waals surface area contributed by atoms with E-state index in [2.05, 4.69) is 51.8 Å². The number of rotatable bonds is 6. The molecule has 146 valence electrons. The van der Waals surface area contributed by atoms with Gasteiger partial charge in [0.15, 0.2) is 5.96 Å². The van der Waals surface area contributed by atoms with Gasteiger partial charge in [0.2, 0.25) is 0 Å². The molecule has 0 radical (unpaired) electrons. The van der Waals surface area contributed by atoms with E-state index in [-0.39, 0.29) is 24.0 Å². The molecule has 2 atom stereocenters. The van der Waals surface area contributed by atoms with E-state index >= 15 is 0 Å². The van der Waals surface area contributed by atoms with Gasteiger partial charge in [0, 0.05) is 26.2 Å². The molecule has 0 aromatic heterocycles. The first-order valence-corrected chi connectivity index (χ1v) is 9.50. The summed E-state index contributed by atoms with van der Waals surface area (Å²) in [6.07, 6.45) is 5.21. The summed E-state index contributed by atoms with van der Waals surface area (Å²) in [7, 11) is 5.81. The Morgan fingerprint density at radius 3 is 2.46 bits per heavy atom. The van der Waals surface area contributed by atoms with Crippen LogP contribution in [0, 0.1) is 11.8 Å². The molecular formula is C20H33IN4O. The number of hydrogen-bond donors (Lipinski definition) is 2. The Hall–Kier alpha value is -1.02. The molecule has 1 aliphatic carbocycles. The monoisotopic (exact) mass is 472 g/mol. The lowest BCUT2D eigenvalue weighted by molar-refractivity contribution is 0.122. The van der Waals surface area contributed by atoms with E-state index in [0.717, 1.165) is 37.3 Å². The van der Waals surface area contributed by atoms with Crippen LogP contribution in [0.4, 0.5) is 0 Å². The maximum absolute atomic E-state index is 5.31. The Morgan fingerprint density at radius 2 is 1.85 bits per heavy atom. The summed E-state index contributed by atoms with van der Waals surface area (Å²) in [6, 6.07) is 8.99. The maximum Gasteiger partial charge on any atom is 0.190 e. The van der Waals surface area contributed by atoms with Crippen molar-refractivity contribution in [3.05, 3.63) is 29.8 Å². The summed E-state index contributed by atoms with van der Waals surface area (Å²) in [5.74, 6) is 3.29. The fourth-order valence-corrected chi connectivity index (χ4v) is 3.81. The predicted molar refractivity (Wildman–Crippen MR) is 119 cm³/mol. The molecule has 1 aromatic carbocycles. The van der Waals surface area contributed by atoms with Crippen molar-refractivity contribution in [3.63, 3.8) is 0 Å². The van der Waals surface area contributed by atoms with Crippen LogP contribution in [0.3, 0.4) is 0 Å². The second-order valence-corrected chi connectivity index (χ2v) is 7.38. The molecule has 6 heteroatoms. The normalized spacial score (nSPS) is 23.9. The van der Waals surface area contributed by atoms with Crippen molar-refractivity contribution in [2.75, 3.05) is 40.8 Å². The molecule has 2 fully saturated rings. The van der Waals surface area contributed by atoms with Crippen molar-refractivity contribution >= 4 is 29.9 Å². The number of ether oxygens (including phenoxy) is 1. The van der Waals surface area contributed by atoms with Crippen LogP contribution >= 0.6 is 24.0 Å². The molecule has 5 nitrogen and oxygen atoms in total. The third-order valence-corrected chi connectivity index (χ3v) is 5.47. The topological polar surface area (TPSA) is 48.9 Å². The van der Waals surface area contributed by atoms with E-state index in [1.165, 1.54) is 31.2 Å². The number of aliphatic imine (C=N–C) groups is 1. The first-order valence-electron chi connectivity index (χ1n) is 9.50. The van der Waals surface area contributed by atoms with Gasteiger partial charge in [-0.3, -0.25) is 9.89 Å². The highest BCUT2D eigenvalue weighted by molar-refractivity contribution is 14.0. The Labute approximate surface area is 175 Å². The Balaban J connectivity index is 0.00000243. The first kappa shape index (κ1) is 21.3. The zero-order chi connectivity index (χ0) is 17.6. The summed E-state index contributed by atoms with van der Waals surface area (Å²) in [4.78, 5) is 6.86.